The zero-order valence-electron chi connectivity index (χ0n) is 20.9. The van der Waals surface area contributed by atoms with Crippen molar-refractivity contribution in [2.45, 2.75) is 0 Å². The molecule has 0 saturated carbocycles. The molecule has 0 N–H and O–H groups in total. The lowest BCUT2D eigenvalue weighted by molar-refractivity contribution is 1.07. The maximum Gasteiger partial charge on any atom is 0.164 e. The third kappa shape index (κ3) is 3.69. The lowest BCUT2D eigenvalue weighted by Crippen LogP contribution is -2.00. The second-order valence-electron chi connectivity index (χ2n) is 9.68. The Morgan fingerprint density at radius 3 is 1.64 bits per heavy atom. The van der Waals surface area contributed by atoms with Crippen LogP contribution in [0.4, 0.5) is 0 Å². The maximum atomic E-state index is 4.91. The molecule has 8 rings (SSSR count). The number of thiophene rings is 1. The van der Waals surface area contributed by atoms with Crippen molar-refractivity contribution in [1.82, 2.24) is 15.0 Å². The van der Waals surface area contributed by atoms with Crippen molar-refractivity contribution in [3.8, 4) is 34.2 Å². The molecule has 0 unspecified atom stereocenters. The number of benzene rings is 6. The van der Waals surface area contributed by atoms with E-state index in [0.717, 1.165) is 16.7 Å². The first-order chi connectivity index (χ1) is 19.3. The van der Waals surface area contributed by atoms with Crippen LogP contribution in [0.25, 0.3) is 75.9 Å². The summed E-state index contributed by atoms with van der Waals surface area (Å²) < 4.78 is 2.67. The fraction of sp³-hybridized carbons (Fsp3) is 0. The van der Waals surface area contributed by atoms with Gasteiger partial charge in [-0.3, -0.25) is 0 Å². The monoisotopic (exact) mass is 515 g/mol. The first-order valence-electron chi connectivity index (χ1n) is 13.0. The van der Waals surface area contributed by atoms with Crippen LogP contribution >= 0.6 is 11.3 Å². The Hall–Kier alpha value is -4.93. The van der Waals surface area contributed by atoms with Crippen LogP contribution in [-0.2, 0) is 0 Å². The van der Waals surface area contributed by atoms with Crippen LogP contribution in [0.15, 0.2) is 127 Å². The molecule has 0 aliphatic rings. The first-order valence-corrected chi connectivity index (χ1v) is 13.8. The van der Waals surface area contributed by atoms with Crippen LogP contribution in [0.5, 0.6) is 0 Å². The molecule has 0 amide bonds. The van der Waals surface area contributed by atoms with Gasteiger partial charge in [-0.05, 0) is 28.3 Å². The van der Waals surface area contributed by atoms with Gasteiger partial charge in [0.2, 0.25) is 0 Å². The molecule has 0 fully saturated rings. The number of rotatable bonds is 3. The lowest BCUT2D eigenvalue weighted by atomic mass is 9.98. The molecule has 2 heterocycles. The van der Waals surface area contributed by atoms with Crippen molar-refractivity contribution in [2.75, 3.05) is 0 Å². The summed E-state index contributed by atoms with van der Waals surface area (Å²) >= 11 is 1.87. The largest absolute Gasteiger partial charge is 0.208 e. The van der Waals surface area contributed by atoms with E-state index in [4.69, 9.17) is 15.0 Å². The summed E-state index contributed by atoms with van der Waals surface area (Å²) in [5.41, 5.74) is 2.91. The van der Waals surface area contributed by atoms with Crippen LogP contribution in [0.1, 0.15) is 0 Å². The van der Waals surface area contributed by atoms with Gasteiger partial charge in [-0.2, -0.15) is 0 Å². The molecule has 2 aromatic heterocycles. The van der Waals surface area contributed by atoms with Gasteiger partial charge in [0.05, 0.1) is 0 Å². The number of nitrogens with zero attached hydrogens (tertiary/aromatic N) is 3. The average Bonchev–Trinajstić information content (AvgIpc) is 3.40. The molecule has 0 radical (unpaired) electrons. The standard InChI is InChI=1S/C35H21N3S/c1-3-9-22(10-4-1)33-36-34(23-11-5-2-6-12-23)38-35(37-33)25-16-17-26-24(21-25)15-18-29-27(26)19-20-30-28-13-7-8-14-31(28)39-32(29)30/h1-21H. The first kappa shape index (κ1) is 22.1. The molecular formula is C35H21N3S. The Labute approximate surface area is 229 Å². The SMILES string of the molecule is c1ccc(-c2nc(-c3ccccc3)nc(-c3ccc4c(ccc5c4ccc4c6ccccc6sc45)c3)n2)cc1. The summed E-state index contributed by atoms with van der Waals surface area (Å²) in [5, 5.41) is 7.62. The highest BCUT2D eigenvalue weighted by atomic mass is 32.1. The fourth-order valence-corrected chi connectivity index (χ4v) is 6.64. The van der Waals surface area contributed by atoms with Gasteiger partial charge in [0.25, 0.3) is 0 Å². The van der Waals surface area contributed by atoms with Gasteiger partial charge in [0.15, 0.2) is 17.5 Å². The maximum absolute atomic E-state index is 4.91. The van der Waals surface area contributed by atoms with E-state index in [1.807, 2.05) is 72.0 Å². The molecule has 0 saturated heterocycles. The highest BCUT2D eigenvalue weighted by molar-refractivity contribution is 7.26. The van der Waals surface area contributed by atoms with Gasteiger partial charge in [-0.1, -0.05) is 115 Å². The molecule has 182 valence electrons. The predicted octanol–water partition coefficient (Wildman–Crippen LogP) is 9.55. The van der Waals surface area contributed by atoms with Gasteiger partial charge in [-0.15, -0.1) is 11.3 Å². The quantitative estimate of drug-likeness (QED) is 0.220. The number of hydrogen-bond acceptors (Lipinski definition) is 4. The van der Waals surface area contributed by atoms with E-state index in [1.54, 1.807) is 0 Å². The molecule has 8 aromatic rings. The Kier molecular flexibility index (Phi) is 5.00. The van der Waals surface area contributed by atoms with E-state index in [9.17, 15) is 0 Å². The second-order valence-corrected chi connectivity index (χ2v) is 10.7. The van der Waals surface area contributed by atoms with Crippen LogP contribution < -0.4 is 0 Å². The van der Waals surface area contributed by atoms with Gasteiger partial charge in [0.1, 0.15) is 0 Å². The Balaban J connectivity index is 1.31. The number of fused-ring (bicyclic) bond motifs is 7. The van der Waals surface area contributed by atoms with E-state index in [1.165, 1.54) is 41.7 Å². The highest BCUT2D eigenvalue weighted by Crippen LogP contribution is 2.40. The summed E-state index contributed by atoms with van der Waals surface area (Å²) in [6, 6.07) is 44.4. The minimum absolute atomic E-state index is 0.671. The Morgan fingerprint density at radius 1 is 0.385 bits per heavy atom. The smallest absolute Gasteiger partial charge is 0.164 e. The summed E-state index contributed by atoms with van der Waals surface area (Å²) in [6.07, 6.45) is 0. The molecule has 39 heavy (non-hydrogen) atoms. The van der Waals surface area contributed by atoms with E-state index in [0.29, 0.717) is 17.5 Å². The molecule has 0 spiro atoms. The number of aromatic nitrogens is 3. The van der Waals surface area contributed by atoms with Crippen LogP contribution in [0.3, 0.4) is 0 Å². The topological polar surface area (TPSA) is 38.7 Å². The zero-order valence-corrected chi connectivity index (χ0v) is 21.7. The van der Waals surface area contributed by atoms with Crippen LogP contribution in [-0.4, -0.2) is 15.0 Å². The average molecular weight is 516 g/mol. The van der Waals surface area contributed by atoms with Crippen molar-refractivity contribution in [2.24, 2.45) is 0 Å². The summed E-state index contributed by atoms with van der Waals surface area (Å²) in [7, 11) is 0. The normalized spacial score (nSPS) is 11.6. The Bertz CT molecular complexity index is 2110. The summed E-state index contributed by atoms with van der Waals surface area (Å²) in [4.78, 5) is 14.7. The number of hydrogen-bond donors (Lipinski definition) is 0. The fourth-order valence-electron chi connectivity index (χ4n) is 5.41. The lowest BCUT2D eigenvalue weighted by Gasteiger charge is -2.10. The third-order valence-corrected chi connectivity index (χ3v) is 8.53. The third-order valence-electron chi connectivity index (χ3n) is 7.31. The van der Waals surface area contributed by atoms with Crippen molar-refractivity contribution in [3.63, 3.8) is 0 Å². The van der Waals surface area contributed by atoms with Crippen LogP contribution in [0, 0.1) is 0 Å². The molecule has 0 aliphatic heterocycles. The molecular weight excluding hydrogens is 494 g/mol. The van der Waals surface area contributed by atoms with Gasteiger partial charge >= 0.3 is 0 Å². The Morgan fingerprint density at radius 2 is 0.923 bits per heavy atom. The van der Waals surface area contributed by atoms with Gasteiger partial charge in [0, 0.05) is 42.2 Å². The van der Waals surface area contributed by atoms with E-state index in [2.05, 4.69) is 66.7 Å². The van der Waals surface area contributed by atoms with E-state index >= 15 is 0 Å². The van der Waals surface area contributed by atoms with Gasteiger partial charge in [-0.25, -0.2) is 15.0 Å². The summed E-state index contributed by atoms with van der Waals surface area (Å²) in [5.74, 6) is 2.01. The van der Waals surface area contributed by atoms with Crippen molar-refractivity contribution < 1.29 is 0 Å². The minimum Gasteiger partial charge on any atom is -0.208 e. The van der Waals surface area contributed by atoms with Crippen LogP contribution in [0.2, 0.25) is 0 Å². The minimum atomic E-state index is 0.671. The molecule has 0 bridgehead atoms. The second kappa shape index (κ2) is 8.83. The van der Waals surface area contributed by atoms with Crippen molar-refractivity contribution in [3.05, 3.63) is 127 Å². The molecule has 3 nitrogen and oxygen atoms in total. The molecule has 0 aliphatic carbocycles. The van der Waals surface area contributed by atoms with Crippen molar-refractivity contribution in [1.29, 1.82) is 0 Å². The van der Waals surface area contributed by atoms with E-state index < -0.39 is 0 Å². The zero-order chi connectivity index (χ0) is 25.8. The molecule has 0 atom stereocenters. The van der Waals surface area contributed by atoms with E-state index in [-0.39, 0.29) is 0 Å². The predicted molar refractivity (Wildman–Crippen MR) is 164 cm³/mol. The van der Waals surface area contributed by atoms with Gasteiger partial charge < -0.3 is 0 Å². The highest BCUT2D eigenvalue weighted by Gasteiger charge is 2.14. The summed E-state index contributed by atoms with van der Waals surface area (Å²) in [6.45, 7) is 0. The molecule has 6 aromatic carbocycles. The molecule has 4 heteroatoms. The van der Waals surface area contributed by atoms with Crippen molar-refractivity contribution >= 4 is 53.1 Å².